The molecule has 1 amide bonds. The third kappa shape index (κ3) is 3.54. The highest BCUT2D eigenvalue weighted by molar-refractivity contribution is 8.00. The number of rotatable bonds is 5. The maximum atomic E-state index is 12.6. The van der Waals surface area contributed by atoms with Crippen LogP contribution in [0.15, 0.2) is 24.3 Å². The van der Waals surface area contributed by atoms with Gasteiger partial charge in [-0.15, -0.1) is 0 Å². The largest absolute Gasteiger partial charge is 0.399 e. The van der Waals surface area contributed by atoms with Crippen LogP contribution in [0.1, 0.15) is 45.1 Å². The van der Waals surface area contributed by atoms with E-state index < -0.39 is 5.41 Å². The number of nitrogens with two attached hydrogens (primary N) is 1. The number of hydrogen-bond acceptors (Lipinski definition) is 3. The zero-order chi connectivity index (χ0) is 15.5. The van der Waals surface area contributed by atoms with Crippen LogP contribution >= 0.6 is 11.8 Å². The number of nitrogen functional groups attached to an aromatic ring is 1. The summed E-state index contributed by atoms with van der Waals surface area (Å²) < 4.78 is 0.243. The van der Waals surface area contributed by atoms with Crippen LogP contribution in [-0.2, 0) is 10.2 Å². The van der Waals surface area contributed by atoms with Crippen molar-refractivity contribution in [1.29, 1.82) is 0 Å². The van der Waals surface area contributed by atoms with Crippen LogP contribution in [0.5, 0.6) is 0 Å². The summed E-state index contributed by atoms with van der Waals surface area (Å²) >= 11 is 1.90. The SMILES string of the molecule is CSC1(CNC(=O)C(C)(C)c2ccc(N)cc2)CCCC1. The molecule has 1 aliphatic carbocycles. The highest BCUT2D eigenvalue weighted by atomic mass is 32.2. The van der Waals surface area contributed by atoms with Gasteiger partial charge in [-0.2, -0.15) is 11.8 Å². The van der Waals surface area contributed by atoms with Crippen molar-refractivity contribution in [1.82, 2.24) is 5.32 Å². The number of carbonyl (C=O) groups is 1. The average Bonchev–Trinajstić information content (AvgIpc) is 2.94. The first-order valence-corrected chi connectivity index (χ1v) is 8.82. The molecule has 2 rings (SSSR count). The van der Waals surface area contributed by atoms with Gasteiger partial charge in [-0.1, -0.05) is 25.0 Å². The van der Waals surface area contributed by atoms with Crippen LogP contribution < -0.4 is 11.1 Å². The van der Waals surface area contributed by atoms with Gasteiger partial charge in [0.05, 0.1) is 5.41 Å². The Labute approximate surface area is 132 Å². The fourth-order valence-electron chi connectivity index (χ4n) is 2.97. The molecule has 0 radical (unpaired) electrons. The van der Waals surface area contributed by atoms with Gasteiger partial charge in [0.1, 0.15) is 0 Å². The van der Waals surface area contributed by atoms with E-state index in [2.05, 4.69) is 11.6 Å². The molecule has 0 saturated heterocycles. The third-order valence-electron chi connectivity index (χ3n) is 4.72. The maximum absolute atomic E-state index is 12.6. The van der Waals surface area contributed by atoms with Crippen LogP contribution in [-0.4, -0.2) is 23.5 Å². The van der Waals surface area contributed by atoms with Gasteiger partial charge in [-0.25, -0.2) is 0 Å². The van der Waals surface area contributed by atoms with Gasteiger partial charge in [-0.3, -0.25) is 4.79 Å². The molecule has 0 unspecified atom stereocenters. The summed E-state index contributed by atoms with van der Waals surface area (Å²) in [6.45, 7) is 4.70. The van der Waals surface area contributed by atoms with E-state index in [1.54, 1.807) is 0 Å². The number of anilines is 1. The summed E-state index contributed by atoms with van der Waals surface area (Å²) in [6, 6.07) is 7.58. The monoisotopic (exact) mass is 306 g/mol. The fourth-order valence-corrected chi connectivity index (χ4v) is 3.88. The van der Waals surface area contributed by atoms with Gasteiger partial charge >= 0.3 is 0 Å². The van der Waals surface area contributed by atoms with E-state index in [1.165, 1.54) is 25.7 Å². The van der Waals surface area contributed by atoms with E-state index in [1.807, 2.05) is 49.9 Å². The maximum Gasteiger partial charge on any atom is 0.230 e. The number of nitrogens with one attached hydrogen (secondary N) is 1. The molecule has 1 fully saturated rings. The van der Waals surface area contributed by atoms with Crippen LogP contribution in [0, 0.1) is 0 Å². The first-order chi connectivity index (χ1) is 9.89. The molecule has 0 spiro atoms. The second kappa shape index (κ2) is 6.30. The van der Waals surface area contributed by atoms with E-state index in [0.29, 0.717) is 0 Å². The Hall–Kier alpha value is -1.16. The van der Waals surface area contributed by atoms with Crippen LogP contribution in [0.4, 0.5) is 5.69 Å². The lowest BCUT2D eigenvalue weighted by Gasteiger charge is -2.30. The normalized spacial score (nSPS) is 17.7. The van der Waals surface area contributed by atoms with Crippen molar-refractivity contribution < 1.29 is 4.79 Å². The zero-order valence-electron chi connectivity index (χ0n) is 13.2. The van der Waals surface area contributed by atoms with Crippen molar-refractivity contribution in [3.05, 3.63) is 29.8 Å². The number of amides is 1. The Bertz CT molecular complexity index is 490. The predicted octanol–water partition coefficient (Wildman–Crippen LogP) is 3.34. The van der Waals surface area contributed by atoms with Gasteiger partial charge in [0.25, 0.3) is 0 Å². The zero-order valence-corrected chi connectivity index (χ0v) is 14.1. The van der Waals surface area contributed by atoms with Gasteiger partial charge in [0.15, 0.2) is 0 Å². The molecule has 0 aliphatic heterocycles. The quantitative estimate of drug-likeness (QED) is 0.820. The smallest absolute Gasteiger partial charge is 0.230 e. The Kier molecular flexibility index (Phi) is 4.87. The fraction of sp³-hybridized carbons (Fsp3) is 0.588. The molecule has 4 heteroatoms. The van der Waals surface area contributed by atoms with E-state index in [4.69, 9.17) is 5.73 Å². The molecule has 0 atom stereocenters. The molecule has 1 aromatic rings. The summed E-state index contributed by atoms with van der Waals surface area (Å²) in [5.41, 5.74) is 6.91. The van der Waals surface area contributed by atoms with Crippen molar-refractivity contribution in [2.24, 2.45) is 0 Å². The number of hydrogen-bond donors (Lipinski definition) is 2. The second-order valence-electron chi connectivity index (χ2n) is 6.52. The summed E-state index contributed by atoms with van der Waals surface area (Å²) in [4.78, 5) is 12.6. The van der Waals surface area contributed by atoms with E-state index in [9.17, 15) is 4.79 Å². The van der Waals surface area contributed by atoms with Gasteiger partial charge in [-0.05, 0) is 50.6 Å². The first kappa shape index (κ1) is 16.2. The topological polar surface area (TPSA) is 55.1 Å². The van der Waals surface area contributed by atoms with Gasteiger partial charge in [0.2, 0.25) is 5.91 Å². The van der Waals surface area contributed by atoms with E-state index in [0.717, 1.165) is 17.8 Å². The highest BCUT2D eigenvalue weighted by Crippen LogP contribution is 2.39. The molecule has 1 aromatic carbocycles. The molecule has 0 heterocycles. The Morgan fingerprint density at radius 1 is 1.29 bits per heavy atom. The van der Waals surface area contributed by atoms with Crippen molar-refractivity contribution in [2.45, 2.75) is 49.7 Å². The molecular formula is C17H26N2OS. The molecule has 0 aromatic heterocycles. The standard InChI is InChI=1S/C17H26N2OS/c1-16(2,13-6-8-14(18)9-7-13)15(20)19-12-17(21-3)10-4-5-11-17/h6-9H,4-5,10-12,18H2,1-3H3,(H,19,20). The summed E-state index contributed by atoms with van der Waals surface area (Å²) in [5, 5.41) is 3.18. The molecule has 3 nitrogen and oxygen atoms in total. The van der Waals surface area contributed by atoms with Gasteiger partial charge in [0, 0.05) is 17.0 Å². The molecule has 116 valence electrons. The lowest BCUT2D eigenvalue weighted by Crippen LogP contribution is -2.45. The number of thioether (sulfide) groups is 1. The van der Waals surface area contributed by atoms with Crippen molar-refractivity contribution >= 4 is 23.4 Å². The Morgan fingerprint density at radius 3 is 2.38 bits per heavy atom. The molecular weight excluding hydrogens is 280 g/mol. The van der Waals surface area contributed by atoms with Crippen LogP contribution in [0.3, 0.4) is 0 Å². The molecule has 21 heavy (non-hydrogen) atoms. The molecule has 1 aliphatic rings. The lowest BCUT2D eigenvalue weighted by molar-refractivity contribution is -0.125. The third-order valence-corrected chi connectivity index (χ3v) is 6.14. The Balaban J connectivity index is 2.03. The van der Waals surface area contributed by atoms with Crippen molar-refractivity contribution in [3.8, 4) is 0 Å². The van der Waals surface area contributed by atoms with Crippen LogP contribution in [0.25, 0.3) is 0 Å². The number of carbonyl (C=O) groups excluding carboxylic acids is 1. The lowest BCUT2D eigenvalue weighted by atomic mass is 9.83. The average molecular weight is 306 g/mol. The predicted molar refractivity (Wildman–Crippen MR) is 91.6 cm³/mol. The van der Waals surface area contributed by atoms with E-state index >= 15 is 0 Å². The Morgan fingerprint density at radius 2 is 1.86 bits per heavy atom. The van der Waals surface area contributed by atoms with Gasteiger partial charge < -0.3 is 11.1 Å². The van der Waals surface area contributed by atoms with Crippen molar-refractivity contribution in [2.75, 3.05) is 18.5 Å². The molecule has 1 saturated carbocycles. The highest BCUT2D eigenvalue weighted by Gasteiger charge is 2.36. The van der Waals surface area contributed by atoms with E-state index in [-0.39, 0.29) is 10.7 Å². The minimum Gasteiger partial charge on any atom is -0.399 e. The number of benzene rings is 1. The minimum absolute atomic E-state index is 0.0904. The summed E-state index contributed by atoms with van der Waals surface area (Å²) in [7, 11) is 0. The minimum atomic E-state index is -0.536. The molecule has 3 N–H and O–H groups in total. The van der Waals surface area contributed by atoms with Crippen molar-refractivity contribution in [3.63, 3.8) is 0 Å². The van der Waals surface area contributed by atoms with Crippen LogP contribution in [0.2, 0.25) is 0 Å². The molecule has 0 bridgehead atoms. The second-order valence-corrected chi connectivity index (χ2v) is 7.80. The first-order valence-electron chi connectivity index (χ1n) is 7.59. The summed E-state index contributed by atoms with van der Waals surface area (Å²) in [6.07, 6.45) is 7.12. The summed E-state index contributed by atoms with van der Waals surface area (Å²) in [5.74, 6) is 0.0904.